The van der Waals surface area contributed by atoms with Crippen LogP contribution in [-0.2, 0) is 26.8 Å². The molecule has 4 rings (SSSR count). The quantitative estimate of drug-likeness (QED) is 0.678. The number of sulfonamides is 1. The third kappa shape index (κ3) is 5.04. The van der Waals surface area contributed by atoms with Gasteiger partial charge in [-0.3, -0.25) is 4.79 Å². The summed E-state index contributed by atoms with van der Waals surface area (Å²) in [5.41, 5.74) is 0.394. The lowest BCUT2D eigenvalue weighted by atomic mass is 9.96. The van der Waals surface area contributed by atoms with E-state index in [1.165, 1.54) is 0 Å². The van der Waals surface area contributed by atoms with Gasteiger partial charge in [0.2, 0.25) is 21.8 Å². The zero-order valence-electron chi connectivity index (χ0n) is 18.7. The molecule has 2 aliphatic rings. The smallest absolute Gasteiger partial charge is 0.243 e. The molecule has 1 aromatic carbocycles. The number of hydrogen-bond acceptors (Lipinski definition) is 6. The molecule has 2 heterocycles. The molecule has 1 saturated carbocycles. The zero-order chi connectivity index (χ0) is 22.6. The Morgan fingerprint density at radius 2 is 1.72 bits per heavy atom. The van der Waals surface area contributed by atoms with E-state index in [9.17, 15) is 13.2 Å². The van der Waals surface area contributed by atoms with E-state index in [2.05, 4.69) is 15.5 Å². The number of carbonyl (C=O) groups excluding carboxylic acids is 1. The van der Waals surface area contributed by atoms with Crippen LogP contribution in [-0.4, -0.2) is 41.9 Å². The van der Waals surface area contributed by atoms with Crippen molar-refractivity contribution in [2.24, 2.45) is 0 Å². The number of nitrogens with one attached hydrogen (secondary N) is 1. The summed E-state index contributed by atoms with van der Waals surface area (Å²) in [4.78, 5) is 17.4. The van der Waals surface area contributed by atoms with Crippen molar-refractivity contribution >= 4 is 15.9 Å². The molecule has 9 heteroatoms. The summed E-state index contributed by atoms with van der Waals surface area (Å²) in [5, 5.41) is 7.21. The van der Waals surface area contributed by atoms with Crippen molar-refractivity contribution in [3.05, 3.63) is 41.5 Å². The van der Waals surface area contributed by atoms with Gasteiger partial charge in [0, 0.05) is 26.4 Å². The lowest BCUT2D eigenvalue weighted by molar-refractivity contribution is -0.123. The first-order valence-corrected chi connectivity index (χ1v) is 13.0. The Kier molecular flexibility index (Phi) is 6.95. The summed E-state index contributed by atoms with van der Waals surface area (Å²) in [6.45, 7) is 2.93. The summed E-state index contributed by atoms with van der Waals surface area (Å²) in [6, 6.07) is 6.94. The predicted molar refractivity (Wildman–Crippen MR) is 119 cm³/mol. The van der Waals surface area contributed by atoms with Crippen LogP contribution < -0.4 is 5.32 Å². The SMILES string of the molecule is Cc1nc(C2(NC(=O)CCc3ccc(S(=O)(=O)N4CCCCCC4)cc3)CCCC2)no1. The van der Waals surface area contributed by atoms with Crippen LogP contribution in [0, 0.1) is 6.92 Å². The van der Waals surface area contributed by atoms with Gasteiger partial charge in [-0.15, -0.1) is 0 Å². The average molecular weight is 461 g/mol. The number of amides is 1. The van der Waals surface area contributed by atoms with Gasteiger partial charge < -0.3 is 9.84 Å². The molecule has 0 radical (unpaired) electrons. The van der Waals surface area contributed by atoms with Crippen molar-refractivity contribution in [3.63, 3.8) is 0 Å². The van der Waals surface area contributed by atoms with Gasteiger partial charge in [0.15, 0.2) is 5.82 Å². The first kappa shape index (κ1) is 22.9. The third-order valence-corrected chi connectivity index (χ3v) is 8.47. The van der Waals surface area contributed by atoms with Gasteiger partial charge in [0.05, 0.1) is 4.90 Å². The Bertz CT molecular complexity index is 1020. The molecule has 0 unspecified atom stereocenters. The fraction of sp³-hybridized carbons (Fsp3) is 0.609. The molecule has 8 nitrogen and oxygen atoms in total. The molecule has 1 saturated heterocycles. The van der Waals surface area contributed by atoms with Gasteiger partial charge in [-0.2, -0.15) is 9.29 Å². The Balaban J connectivity index is 1.36. The summed E-state index contributed by atoms with van der Waals surface area (Å²) < 4.78 is 32.6. The first-order valence-electron chi connectivity index (χ1n) is 11.6. The van der Waals surface area contributed by atoms with E-state index in [-0.39, 0.29) is 5.91 Å². The van der Waals surface area contributed by atoms with Crippen LogP contribution in [0.3, 0.4) is 0 Å². The minimum absolute atomic E-state index is 0.0596. The molecule has 2 aromatic rings. The fourth-order valence-corrected chi connectivity index (χ4v) is 6.24. The molecule has 0 bridgehead atoms. The maximum atomic E-state index is 12.9. The van der Waals surface area contributed by atoms with Gasteiger partial charge >= 0.3 is 0 Å². The second-order valence-electron chi connectivity index (χ2n) is 8.94. The Morgan fingerprint density at radius 3 is 2.31 bits per heavy atom. The second-order valence-corrected chi connectivity index (χ2v) is 10.9. The molecule has 1 aliphatic carbocycles. The van der Waals surface area contributed by atoms with Crippen LogP contribution in [0.25, 0.3) is 0 Å². The molecule has 1 aliphatic heterocycles. The number of carbonyl (C=O) groups is 1. The highest BCUT2D eigenvalue weighted by atomic mass is 32.2. The number of aryl methyl sites for hydroxylation is 2. The van der Waals surface area contributed by atoms with Crippen LogP contribution in [0.5, 0.6) is 0 Å². The van der Waals surface area contributed by atoms with Crippen molar-refractivity contribution < 1.29 is 17.7 Å². The van der Waals surface area contributed by atoms with Crippen LogP contribution in [0.1, 0.15) is 75.1 Å². The van der Waals surface area contributed by atoms with E-state index in [1.807, 2.05) is 12.1 Å². The summed E-state index contributed by atoms with van der Waals surface area (Å²) >= 11 is 0. The zero-order valence-corrected chi connectivity index (χ0v) is 19.5. The van der Waals surface area contributed by atoms with E-state index in [0.29, 0.717) is 42.5 Å². The highest BCUT2D eigenvalue weighted by molar-refractivity contribution is 7.89. The summed E-state index contributed by atoms with van der Waals surface area (Å²) in [6.07, 6.45) is 8.49. The van der Waals surface area contributed by atoms with Crippen LogP contribution in [0.15, 0.2) is 33.7 Å². The van der Waals surface area contributed by atoms with E-state index in [1.54, 1.807) is 23.4 Å². The van der Waals surface area contributed by atoms with Crippen molar-refractivity contribution in [1.82, 2.24) is 19.8 Å². The average Bonchev–Trinajstić information content (AvgIpc) is 3.34. The highest BCUT2D eigenvalue weighted by Gasteiger charge is 2.41. The lowest BCUT2D eigenvalue weighted by Crippen LogP contribution is -2.44. The Hall–Kier alpha value is -2.26. The predicted octanol–water partition coefficient (Wildman–Crippen LogP) is 3.46. The van der Waals surface area contributed by atoms with Crippen molar-refractivity contribution in [3.8, 4) is 0 Å². The second kappa shape index (κ2) is 9.70. The monoisotopic (exact) mass is 460 g/mol. The van der Waals surface area contributed by atoms with Gasteiger partial charge in [0.25, 0.3) is 0 Å². The first-order chi connectivity index (χ1) is 15.4. The molecule has 174 valence electrons. The number of nitrogens with zero attached hydrogens (tertiary/aromatic N) is 3. The van der Waals surface area contributed by atoms with E-state index >= 15 is 0 Å². The topological polar surface area (TPSA) is 105 Å². The number of hydrogen-bond donors (Lipinski definition) is 1. The molecule has 1 aromatic heterocycles. The summed E-state index contributed by atoms with van der Waals surface area (Å²) in [5.74, 6) is 0.996. The Labute approximate surface area is 189 Å². The van der Waals surface area contributed by atoms with Crippen molar-refractivity contribution in [1.29, 1.82) is 0 Å². The number of aromatic nitrogens is 2. The van der Waals surface area contributed by atoms with E-state index in [0.717, 1.165) is 56.9 Å². The molecule has 0 atom stereocenters. The summed E-state index contributed by atoms with van der Waals surface area (Å²) in [7, 11) is -3.45. The molecular weight excluding hydrogens is 428 g/mol. The molecule has 1 amide bonds. The van der Waals surface area contributed by atoms with Crippen LogP contribution >= 0.6 is 0 Å². The maximum absolute atomic E-state index is 12.9. The molecule has 32 heavy (non-hydrogen) atoms. The minimum atomic E-state index is -3.45. The molecule has 2 fully saturated rings. The number of rotatable bonds is 7. The highest BCUT2D eigenvalue weighted by Crippen LogP contribution is 2.37. The van der Waals surface area contributed by atoms with Gasteiger partial charge in [-0.05, 0) is 49.8 Å². The van der Waals surface area contributed by atoms with Gasteiger partial charge in [-0.1, -0.05) is 43.0 Å². The van der Waals surface area contributed by atoms with Crippen molar-refractivity contribution in [2.45, 2.75) is 81.6 Å². The van der Waals surface area contributed by atoms with Gasteiger partial charge in [-0.25, -0.2) is 8.42 Å². The third-order valence-electron chi connectivity index (χ3n) is 6.56. The minimum Gasteiger partial charge on any atom is -0.343 e. The van der Waals surface area contributed by atoms with Crippen LogP contribution in [0.2, 0.25) is 0 Å². The Morgan fingerprint density at radius 1 is 1.06 bits per heavy atom. The molecule has 1 N–H and O–H groups in total. The van der Waals surface area contributed by atoms with Crippen molar-refractivity contribution in [2.75, 3.05) is 13.1 Å². The normalized spacial score (nSPS) is 19.5. The lowest BCUT2D eigenvalue weighted by Gasteiger charge is -2.26. The molecular formula is C23H32N4O4S. The molecule has 0 spiro atoms. The van der Waals surface area contributed by atoms with E-state index in [4.69, 9.17) is 4.52 Å². The standard InChI is InChI=1S/C23H32N4O4S/c1-18-24-22(26-31-18)23(14-4-5-15-23)25-21(28)13-10-19-8-11-20(12-9-19)32(29,30)27-16-6-2-3-7-17-27/h8-9,11-12H,2-7,10,13-17H2,1H3,(H,25,28). The number of benzene rings is 1. The van der Waals surface area contributed by atoms with E-state index < -0.39 is 15.6 Å². The maximum Gasteiger partial charge on any atom is 0.243 e. The fourth-order valence-electron chi connectivity index (χ4n) is 4.72. The van der Waals surface area contributed by atoms with Gasteiger partial charge in [0.1, 0.15) is 5.54 Å². The largest absolute Gasteiger partial charge is 0.343 e. The van der Waals surface area contributed by atoms with Crippen LogP contribution in [0.4, 0.5) is 0 Å².